The molecule has 1 aromatic heterocycles. The van der Waals surface area contributed by atoms with Crippen molar-refractivity contribution in [1.29, 1.82) is 0 Å². The highest BCUT2D eigenvalue weighted by Crippen LogP contribution is 2.22. The number of benzene rings is 1. The number of aromatic nitrogens is 2. The van der Waals surface area contributed by atoms with Crippen molar-refractivity contribution in [3.05, 3.63) is 29.9 Å². The van der Waals surface area contributed by atoms with Crippen LogP contribution in [-0.2, 0) is 6.54 Å². The van der Waals surface area contributed by atoms with Crippen LogP contribution in [-0.4, -0.2) is 16.7 Å². The summed E-state index contributed by atoms with van der Waals surface area (Å²) in [6.45, 7) is 4.76. The van der Waals surface area contributed by atoms with Crippen molar-refractivity contribution < 1.29 is 9.26 Å². The highest BCUT2D eigenvalue weighted by Gasteiger charge is 2.04. The van der Waals surface area contributed by atoms with Crippen LogP contribution >= 0.6 is 0 Å². The third-order valence-electron chi connectivity index (χ3n) is 2.25. The van der Waals surface area contributed by atoms with Crippen molar-refractivity contribution in [3.8, 4) is 5.75 Å². The van der Waals surface area contributed by atoms with Crippen LogP contribution in [0.25, 0.3) is 0 Å². The van der Waals surface area contributed by atoms with E-state index in [9.17, 15) is 0 Å². The Labute approximate surface area is 105 Å². The summed E-state index contributed by atoms with van der Waals surface area (Å²) in [5.74, 6) is 1.89. The fraction of sp³-hybridized carbons (Fsp3) is 0.333. The van der Waals surface area contributed by atoms with Gasteiger partial charge in [0.2, 0.25) is 5.89 Å². The van der Waals surface area contributed by atoms with Gasteiger partial charge in [0.25, 0.3) is 0 Å². The second-order valence-electron chi connectivity index (χ2n) is 3.81. The molecule has 6 heteroatoms. The smallest absolute Gasteiger partial charge is 0.245 e. The molecule has 0 spiro atoms. The Bertz CT molecular complexity index is 525. The molecule has 0 aliphatic carbocycles. The molecule has 2 rings (SSSR count). The minimum absolute atomic E-state index is 0.454. The highest BCUT2D eigenvalue weighted by molar-refractivity contribution is 5.59. The van der Waals surface area contributed by atoms with E-state index in [4.69, 9.17) is 15.0 Å². The van der Waals surface area contributed by atoms with E-state index in [1.54, 1.807) is 13.0 Å². The minimum atomic E-state index is 0.454. The van der Waals surface area contributed by atoms with E-state index in [-0.39, 0.29) is 0 Å². The summed E-state index contributed by atoms with van der Waals surface area (Å²) in [5, 5.41) is 6.88. The molecule has 0 unspecified atom stereocenters. The number of aryl methyl sites for hydroxylation is 1. The molecule has 0 radical (unpaired) electrons. The van der Waals surface area contributed by atoms with Crippen LogP contribution < -0.4 is 15.8 Å². The summed E-state index contributed by atoms with van der Waals surface area (Å²) >= 11 is 0. The second kappa shape index (κ2) is 5.39. The number of nitrogens with one attached hydrogen (secondary N) is 1. The first-order valence-electron chi connectivity index (χ1n) is 5.74. The van der Waals surface area contributed by atoms with Gasteiger partial charge in [-0.3, -0.25) is 0 Å². The molecule has 0 aliphatic heterocycles. The van der Waals surface area contributed by atoms with E-state index in [0.29, 0.717) is 30.6 Å². The largest absolute Gasteiger partial charge is 0.494 e. The Morgan fingerprint density at radius 2 is 2.22 bits per heavy atom. The predicted molar refractivity (Wildman–Crippen MR) is 68.4 cm³/mol. The zero-order valence-electron chi connectivity index (χ0n) is 10.4. The first-order valence-corrected chi connectivity index (χ1v) is 5.74. The molecule has 3 N–H and O–H groups in total. The quantitative estimate of drug-likeness (QED) is 0.787. The maximum Gasteiger partial charge on any atom is 0.245 e. The first kappa shape index (κ1) is 12.2. The molecule has 18 heavy (non-hydrogen) atoms. The monoisotopic (exact) mass is 248 g/mol. The summed E-state index contributed by atoms with van der Waals surface area (Å²) in [5.41, 5.74) is 7.29. The van der Waals surface area contributed by atoms with Gasteiger partial charge >= 0.3 is 0 Å². The third kappa shape index (κ3) is 3.13. The summed E-state index contributed by atoms with van der Waals surface area (Å²) in [6, 6.07) is 5.49. The van der Waals surface area contributed by atoms with Gasteiger partial charge in [0.1, 0.15) is 5.75 Å². The Hall–Kier alpha value is -2.24. The third-order valence-corrected chi connectivity index (χ3v) is 2.25. The van der Waals surface area contributed by atoms with Gasteiger partial charge in [0, 0.05) is 23.5 Å². The van der Waals surface area contributed by atoms with Crippen molar-refractivity contribution in [2.24, 2.45) is 0 Å². The van der Waals surface area contributed by atoms with E-state index in [1.165, 1.54) is 0 Å². The van der Waals surface area contributed by atoms with Crippen LogP contribution in [0.3, 0.4) is 0 Å². The van der Waals surface area contributed by atoms with E-state index in [0.717, 1.165) is 11.4 Å². The Morgan fingerprint density at radius 1 is 1.39 bits per heavy atom. The molecule has 96 valence electrons. The molecule has 0 saturated heterocycles. The van der Waals surface area contributed by atoms with Crippen molar-refractivity contribution in [2.45, 2.75) is 20.4 Å². The van der Waals surface area contributed by atoms with Gasteiger partial charge in [-0.15, -0.1) is 0 Å². The van der Waals surface area contributed by atoms with Gasteiger partial charge in [-0.1, -0.05) is 5.16 Å². The molecule has 0 saturated carbocycles. The van der Waals surface area contributed by atoms with Gasteiger partial charge in [-0.2, -0.15) is 4.98 Å². The van der Waals surface area contributed by atoms with Crippen molar-refractivity contribution in [3.63, 3.8) is 0 Å². The average Bonchev–Trinajstić information content (AvgIpc) is 2.72. The van der Waals surface area contributed by atoms with Crippen LogP contribution in [0.5, 0.6) is 5.75 Å². The number of nitrogens with two attached hydrogens (primary N) is 1. The maximum absolute atomic E-state index is 5.79. The van der Waals surface area contributed by atoms with Gasteiger partial charge in [0.05, 0.1) is 13.2 Å². The van der Waals surface area contributed by atoms with Gasteiger partial charge < -0.3 is 20.3 Å². The van der Waals surface area contributed by atoms with Crippen LogP contribution in [0.4, 0.5) is 11.4 Å². The summed E-state index contributed by atoms with van der Waals surface area (Å²) < 4.78 is 10.4. The van der Waals surface area contributed by atoms with Crippen molar-refractivity contribution >= 4 is 11.4 Å². The zero-order chi connectivity index (χ0) is 13.0. The Balaban J connectivity index is 2.04. The zero-order valence-corrected chi connectivity index (χ0v) is 10.4. The van der Waals surface area contributed by atoms with Gasteiger partial charge in [-0.25, -0.2) is 0 Å². The van der Waals surface area contributed by atoms with Crippen LogP contribution in [0, 0.1) is 6.92 Å². The molecule has 0 atom stereocenters. The minimum Gasteiger partial charge on any atom is -0.494 e. The van der Waals surface area contributed by atoms with Gasteiger partial charge in [-0.05, 0) is 19.9 Å². The SMILES string of the molecule is CCOc1cc(N)cc(NCc2nc(C)no2)c1. The number of hydrogen-bond donors (Lipinski definition) is 2. The Morgan fingerprint density at radius 3 is 2.89 bits per heavy atom. The predicted octanol–water partition coefficient (Wildman–Crippen LogP) is 1.97. The fourth-order valence-electron chi connectivity index (χ4n) is 1.56. The second-order valence-corrected chi connectivity index (χ2v) is 3.81. The molecular weight excluding hydrogens is 232 g/mol. The fourth-order valence-corrected chi connectivity index (χ4v) is 1.56. The lowest BCUT2D eigenvalue weighted by Crippen LogP contribution is -2.01. The van der Waals surface area contributed by atoms with E-state index in [1.807, 2.05) is 19.1 Å². The van der Waals surface area contributed by atoms with E-state index in [2.05, 4.69) is 15.5 Å². The van der Waals surface area contributed by atoms with Gasteiger partial charge in [0.15, 0.2) is 5.82 Å². The summed E-state index contributed by atoms with van der Waals surface area (Å²) in [7, 11) is 0. The van der Waals surface area contributed by atoms with Crippen molar-refractivity contribution in [2.75, 3.05) is 17.7 Å². The number of hydrogen-bond acceptors (Lipinski definition) is 6. The average molecular weight is 248 g/mol. The molecule has 0 amide bonds. The molecule has 2 aromatic rings. The number of rotatable bonds is 5. The number of nitrogens with zero attached hydrogens (tertiary/aromatic N) is 2. The van der Waals surface area contributed by atoms with Crippen molar-refractivity contribution in [1.82, 2.24) is 10.1 Å². The highest BCUT2D eigenvalue weighted by atomic mass is 16.5. The normalized spacial score (nSPS) is 10.3. The standard InChI is InChI=1S/C12H16N4O2/c1-3-17-11-5-9(13)4-10(6-11)14-7-12-15-8(2)16-18-12/h4-6,14H,3,7,13H2,1-2H3. The van der Waals surface area contributed by atoms with Crippen LogP contribution in [0.15, 0.2) is 22.7 Å². The number of anilines is 2. The molecule has 1 heterocycles. The summed E-state index contributed by atoms with van der Waals surface area (Å²) in [4.78, 5) is 4.10. The first-order chi connectivity index (χ1) is 8.67. The molecule has 6 nitrogen and oxygen atoms in total. The lowest BCUT2D eigenvalue weighted by Gasteiger charge is -2.09. The lowest BCUT2D eigenvalue weighted by atomic mass is 10.2. The lowest BCUT2D eigenvalue weighted by molar-refractivity contribution is 0.340. The van der Waals surface area contributed by atoms with E-state index < -0.39 is 0 Å². The summed E-state index contributed by atoms with van der Waals surface area (Å²) in [6.07, 6.45) is 0. The number of ether oxygens (including phenoxy) is 1. The van der Waals surface area contributed by atoms with Crippen LogP contribution in [0.1, 0.15) is 18.6 Å². The molecule has 0 aliphatic rings. The number of nitrogen functional groups attached to an aromatic ring is 1. The molecular formula is C12H16N4O2. The molecule has 1 aromatic carbocycles. The molecule has 0 bridgehead atoms. The Kier molecular flexibility index (Phi) is 3.66. The maximum atomic E-state index is 5.79. The van der Waals surface area contributed by atoms with E-state index >= 15 is 0 Å². The molecule has 0 fully saturated rings. The topological polar surface area (TPSA) is 86.2 Å². The van der Waals surface area contributed by atoms with Crippen LogP contribution in [0.2, 0.25) is 0 Å².